The molecule has 25 heavy (non-hydrogen) atoms. The molecule has 1 aromatic rings. The third kappa shape index (κ3) is 8.19. The van der Waals surface area contributed by atoms with Crippen LogP contribution in [0.25, 0.3) is 0 Å². The van der Waals surface area contributed by atoms with Crippen molar-refractivity contribution in [2.45, 2.75) is 45.3 Å². The number of rotatable bonds is 7. The van der Waals surface area contributed by atoms with Gasteiger partial charge in [0.05, 0.1) is 6.42 Å². The van der Waals surface area contributed by atoms with E-state index in [9.17, 15) is 14.4 Å². The van der Waals surface area contributed by atoms with Crippen molar-refractivity contribution < 1.29 is 19.1 Å². The number of amides is 3. The van der Waals surface area contributed by atoms with Gasteiger partial charge >= 0.3 is 6.09 Å². The van der Waals surface area contributed by atoms with Gasteiger partial charge in [0.1, 0.15) is 11.6 Å². The molecule has 0 saturated carbocycles. The molecular formula is C18H27N3O4. The number of ether oxygens (including phenoxy) is 1. The van der Waals surface area contributed by atoms with Gasteiger partial charge in [-0.25, -0.2) is 4.79 Å². The quantitative estimate of drug-likeness (QED) is 0.778. The molecule has 138 valence electrons. The van der Waals surface area contributed by atoms with Crippen LogP contribution in [0, 0.1) is 0 Å². The number of carbonyl (C=O) groups excluding carboxylic acids is 3. The normalized spacial score (nSPS) is 12.2. The van der Waals surface area contributed by atoms with E-state index in [0.717, 1.165) is 5.56 Å². The van der Waals surface area contributed by atoms with Crippen LogP contribution in [-0.2, 0) is 20.7 Å². The molecule has 1 atom stereocenters. The number of nitrogens with two attached hydrogens (primary N) is 1. The van der Waals surface area contributed by atoms with E-state index >= 15 is 0 Å². The fourth-order valence-electron chi connectivity index (χ4n) is 2.17. The Labute approximate surface area is 148 Å². The second-order valence-electron chi connectivity index (χ2n) is 6.86. The highest BCUT2D eigenvalue weighted by atomic mass is 16.6. The Kier molecular flexibility index (Phi) is 7.42. The van der Waals surface area contributed by atoms with Crippen LogP contribution in [-0.4, -0.2) is 48.0 Å². The Hall–Kier alpha value is -2.57. The average molecular weight is 349 g/mol. The van der Waals surface area contributed by atoms with Crippen molar-refractivity contribution in [1.82, 2.24) is 10.2 Å². The minimum Gasteiger partial charge on any atom is -0.444 e. The summed E-state index contributed by atoms with van der Waals surface area (Å²) in [5.41, 5.74) is 5.58. The summed E-state index contributed by atoms with van der Waals surface area (Å²) in [5.74, 6) is -1.06. The third-order valence-corrected chi connectivity index (χ3v) is 3.35. The molecule has 0 aliphatic carbocycles. The van der Waals surface area contributed by atoms with Crippen molar-refractivity contribution in [2.75, 3.05) is 13.6 Å². The Morgan fingerprint density at radius 3 is 2.32 bits per heavy atom. The zero-order valence-corrected chi connectivity index (χ0v) is 15.2. The summed E-state index contributed by atoms with van der Waals surface area (Å²) in [4.78, 5) is 37.2. The third-order valence-electron chi connectivity index (χ3n) is 3.35. The minimum atomic E-state index is -1.05. The fraction of sp³-hybridized carbons (Fsp3) is 0.500. The first-order valence-corrected chi connectivity index (χ1v) is 8.15. The van der Waals surface area contributed by atoms with Crippen molar-refractivity contribution in [3.8, 4) is 0 Å². The maximum absolute atomic E-state index is 12.5. The van der Waals surface area contributed by atoms with Gasteiger partial charge in [0.25, 0.3) is 0 Å². The Morgan fingerprint density at radius 2 is 1.80 bits per heavy atom. The van der Waals surface area contributed by atoms with Crippen molar-refractivity contribution in [3.63, 3.8) is 0 Å². The van der Waals surface area contributed by atoms with E-state index < -0.39 is 23.6 Å². The van der Waals surface area contributed by atoms with E-state index in [1.807, 2.05) is 30.3 Å². The predicted octanol–water partition coefficient (Wildman–Crippen LogP) is 1.46. The standard InChI is InChI=1S/C18H27N3O4/c1-18(2,3)25-17(24)20-14(12-15(19)22)16(23)21(4)11-10-13-8-6-5-7-9-13/h5-9,14H,10-12H2,1-4H3,(H2,19,22)(H,20,24)/t14-/m1/s1. The lowest BCUT2D eigenvalue weighted by atomic mass is 10.1. The molecule has 0 unspecified atom stereocenters. The van der Waals surface area contributed by atoms with Gasteiger partial charge in [-0.3, -0.25) is 9.59 Å². The molecule has 7 nitrogen and oxygen atoms in total. The van der Waals surface area contributed by atoms with Crippen molar-refractivity contribution in [1.29, 1.82) is 0 Å². The van der Waals surface area contributed by atoms with Gasteiger partial charge < -0.3 is 20.7 Å². The SMILES string of the molecule is CN(CCc1ccccc1)C(=O)[C@@H](CC(N)=O)NC(=O)OC(C)(C)C. The monoisotopic (exact) mass is 349 g/mol. The molecule has 3 amide bonds. The molecule has 0 fully saturated rings. The van der Waals surface area contributed by atoms with Gasteiger partial charge in [-0.2, -0.15) is 0 Å². The number of hydrogen-bond acceptors (Lipinski definition) is 4. The predicted molar refractivity (Wildman–Crippen MR) is 94.8 cm³/mol. The molecule has 3 N–H and O–H groups in total. The summed E-state index contributed by atoms with van der Waals surface area (Å²) >= 11 is 0. The van der Waals surface area contributed by atoms with Gasteiger partial charge in [0, 0.05) is 13.6 Å². The van der Waals surface area contributed by atoms with Crippen LogP contribution in [0.2, 0.25) is 0 Å². The van der Waals surface area contributed by atoms with Crippen LogP contribution in [0.5, 0.6) is 0 Å². The van der Waals surface area contributed by atoms with Crippen LogP contribution in [0.15, 0.2) is 30.3 Å². The summed E-state index contributed by atoms with van der Waals surface area (Å²) in [6.45, 7) is 5.59. The number of hydrogen-bond donors (Lipinski definition) is 2. The number of benzene rings is 1. The molecule has 1 rings (SSSR count). The molecule has 7 heteroatoms. The molecule has 0 aliphatic rings. The largest absolute Gasteiger partial charge is 0.444 e. The lowest BCUT2D eigenvalue weighted by molar-refractivity contribution is -0.134. The first-order chi connectivity index (χ1) is 11.6. The highest BCUT2D eigenvalue weighted by molar-refractivity contribution is 5.90. The highest BCUT2D eigenvalue weighted by Gasteiger charge is 2.27. The zero-order chi connectivity index (χ0) is 19.0. The van der Waals surface area contributed by atoms with E-state index in [2.05, 4.69) is 5.32 Å². The lowest BCUT2D eigenvalue weighted by Crippen LogP contribution is -2.50. The van der Waals surface area contributed by atoms with Crippen LogP contribution in [0.3, 0.4) is 0 Å². The summed E-state index contributed by atoms with van der Waals surface area (Å²) in [5, 5.41) is 2.43. The Bertz CT molecular complexity index is 596. The first kappa shape index (κ1) is 20.5. The zero-order valence-electron chi connectivity index (χ0n) is 15.2. The smallest absolute Gasteiger partial charge is 0.408 e. The topological polar surface area (TPSA) is 102 Å². The minimum absolute atomic E-state index is 0.284. The van der Waals surface area contributed by atoms with Crippen LogP contribution < -0.4 is 11.1 Å². The van der Waals surface area contributed by atoms with Gasteiger partial charge in [-0.1, -0.05) is 30.3 Å². The van der Waals surface area contributed by atoms with Gasteiger partial charge in [-0.15, -0.1) is 0 Å². The van der Waals surface area contributed by atoms with Crippen LogP contribution in [0.1, 0.15) is 32.8 Å². The molecule has 0 radical (unpaired) electrons. The van der Waals surface area contributed by atoms with E-state index in [4.69, 9.17) is 10.5 Å². The molecule has 0 heterocycles. The molecule has 1 aromatic carbocycles. The van der Waals surface area contributed by atoms with Crippen molar-refractivity contribution in [3.05, 3.63) is 35.9 Å². The fourth-order valence-corrected chi connectivity index (χ4v) is 2.17. The van der Waals surface area contributed by atoms with E-state index in [1.165, 1.54) is 4.90 Å². The Morgan fingerprint density at radius 1 is 1.20 bits per heavy atom. The molecule has 0 spiro atoms. The lowest BCUT2D eigenvalue weighted by Gasteiger charge is -2.26. The number of carbonyl (C=O) groups is 3. The summed E-state index contributed by atoms with van der Waals surface area (Å²) in [6, 6.07) is 8.67. The molecule has 0 saturated heterocycles. The van der Waals surface area contributed by atoms with Crippen molar-refractivity contribution >= 4 is 17.9 Å². The van der Waals surface area contributed by atoms with Gasteiger partial charge in [0.15, 0.2) is 0 Å². The molecule has 0 aromatic heterocycles. The van der Waals surface area contributed by atoms with Crippen LogP contribution in [0.4, 0.5) is 4.79 Å². The number of nitrogens with zero attached hydrogens (tertiary/aromatic N) is 1. The van der Waals surface area contributed by atoms with Gasteiger partial charge in [0.2, 0.25) is 11.8 Å². The van der Waals surface area contributed by atoms with Gasteiger partial charge in [-0.05, 0) is 32.8 Å². The van der Waals surface area contributed by atoms with Crippen molar-refractivity contribution in [2.24, 2.45) is 5.73 Å². The van der Waals surface area contributed by atoms with E-state index in [0.29, 0.717) is 13.0 Å². The van der Waals surface area contributed by atoms with Crippen LogP contribution >= 0.6 is 0 Å². The number of primary amides is 1. The Balaban J connectivity index is 2.68. The first-order valence-electron chi connectivity index (χ1n) is 8.15. The van der Waals surface area contributed by atoms with E-state index in [1.54, 1.807) is 27.8 Å². The number of alkyl carbamates (subject to hydrolysis) is 1. The molecule has 0 aliphatic heterocycles. The van der Waals surface area contributed by atoms with E-state index in [-0.39, 0.29) is 12.3 Å². The average Bonchev–Trinajstić information content (AvgIpc) is 2.50. The summed E-state index contributed by atoms with van der Waals surface area (Å²) in [6.07, 6.45) is -0.379. The highest BCUT2D eigenvalue weighted by Crippen LogP contribution is 2.08. The summed E-state index contributed by atoms with van der Waals surface area (Å²) < 4.78 is 5.14. The maximum atomic E-state index is 12.5. The molecular weight excluding hydrogens is 322 g/mol. The molecule has 0 bridgehead atoms. The number of nitrogens with one attached hydrogen (secondary N) is 1. The number of likely N-dealkylation sites (N-methyl/N-ethyl adjacent to an activating group) is 1. The second kappa shape index (κ2) is 9.05. The maximum Gasteiger partial charge on any atom is 0.408 e. The second-order valence-corrected chi connectivity index (χ2v) is 6.86. The summed E-state index contributed by atoms with van der Waals surface area (Å²) in [7, 11) is 1.62.